The Labute approximate surface area is 132 Å². The third-order valence-corrected chi connectivity index (χ3v) is 3.91. The normalized spacial score (nSPS) is 19.8. The Morgan fingerprint density at radius 3 is 2.91 bits per heavy atom. The number of anilines is 1. The molecule has 124 valence electrons. The Morgan fingerprint density at radius 2 is 2.32 bits per heavy atom. The fourth-order valence-corrected chi connectivity index (χ4v) is 2.83. The smallest absolute Gasteiger partial charge is 0.242 e. The van der Waals surface area contributed by atoms with Gasteiger partial charge in [0.1, 0.15) is 5.76 Å². The molecular formula is C16H27N3O3. The lowest BCUT2D eigenvalue weighted by molar-refractivity contribution is -0.131. The molecule has 6 heteroatoms. The van der Waals surface area contributed by atoms with Crippen LogP contribution >= 0.6 is 0 Å². The molecule has 0 saturated carbocycles. The number of morpholine rings is 1. The highest BCUT2D eigenvalue weighted by atomic mass is 16.5. The highest BCUT2D eigenvalue weighted by Gasteiger charge is 2.34. The summed E-state index contributed by atoms with van der Waals surface area (Å²) in [5, 5.41) is 6.71. The summed E-state index contributed by atoms with van der Waals surface area (Å²) >= 11 is 0. The van der Waals surface area contributed by atoms with Gasteiger partial charge in [-0.05, 0) is 27.2 Å². The van der Waals surface area contributed by atoms with E-state index >= 15 is 0 Å². The first-order valence-electron chi connectivity index (χ1n) is 8.03. The van der Waals surface area contributed by atoms with Crippen molar-refractivity contribution in [3.8, 4) is 0 Å². The number of ether oxygens (including phenoxy) is 1. The van der Waals surface area contributed by atoms with E-state index in [0.717, 1.165) is 32.4 Å². The number of amides is 1. The van der Waals surface area contributed by atoms with Crippen LogP contribution in [-0.4, -0.2) is 47.3 Å². The Hall–Kier alpha value is -1.40. The molecule has 1 aromatic heterocycles. The van der Waals surface area contributed by atoms with Gasteiger partial charge in [0.15, 0.2) is 5.82 Å². The zero-order valence-electron chi connectivity index (χ0n) is 14.0. The van der Waals surface area contributed by atoms with E-state index < -0.39 is 0 Å². The van der Waals surface area contributed by atoms with Crippen molar-refractivity contribution < 1.29 is 14.1 Å². The molecule has 1 amide bonds. The van der Waals surface area contributed by atoms with Crippen molar-refractivity contribution in [2.45, 2.75) is 58.6 Å². The Morgan fingerprint density at radius 1 is 1.55 bits per heavy atom. The molecule has 0 bridgehead atoms. The molecule has 1 atom stereocenters. The van der Waals surface area contributed by atoms with Crippen molar-refractivity contribution in [1.29, 1.82) is 0 Å². The maximum absolute atomic E-state index is 12.7. The summed E-state index contributed by atoms with van der Waals surface area (Å²) in [6, 6.07) is 1.58. The zero-order chi connectivity index (χ0) is 16.2. The summed E-state index contributed by atoms with van der Waals surface area (Å²) in [6.45, 7) is 10.3. The van der Waals surface area contributed by atoms with Crippen LogP contribution in [0.25, 0.3) is 0 Å². The number of rotatable bonds is 6. The standard InChI is InChI=1S/C16H27N3O3/c1-5-6-7-13(19-8-9-21-16(3,4)11-19)15(20)17-14-10-12(2)22-18-14/h10,13H,5-9,11H2,1-4H3,(H,17,18,20). The molecule has 1 aliphatic heterocycles. The monoisotopic (exact) mass is 309 g/mol. The van der Waals surface area contributed by atoms with Gasteiger partial charge in [-0.25, -0.2) is 0 Å². The Balaban J connectivity index is 2.05. The first-order chi connectivity index (χ1) is 10.4. The van der Waals surface area contributed by atoms with E-state index in [2.05, 4.69) is 36.1 Å². The van der Waals surface area contributed by atoms with Gasteiger partial charge in [0.05, 0.1) is 18.2 Å². The molecule has 0 spiro atoms. The average Bonchev–Trinajstić information content (AvgIpc) is 2.83. The van der Waals surface area contributed by atoms with Crippen LogP contribution in [0.1, 0.15) is 45.8 Å². The SMILES string of the molecule is CCCCC(C(=O)Nc1cc(C)on1)N1CCOC(C)(C)C1. The van der Waals surface area contributed by atoms with Crippen LogP contribution in [0.5, 0.6) is 0 Å². The molecule has 1 N–H and O–H groups in total. The molecule has 22 heavy (non-hydrogen) atoms. The lowest BCUT2D eigenvalue weighted by Crippen LogP contribution is -2.55. The molecule has 2 rings (SSSR count). The first kappa shape index (κ1) is 17.0. The van der Waals surface area contributed by atoms with E-state index in [1.165, 1.54) is 0 Å². The molecule has 1 aromatic rings. The number of hydrogen-bond acceptors (Lipinski definition) is 5. The summed E-state index contributed by atoms with van der Waals surface area (Å²) in [6.07, 6.45) is 2.93. The second kappa shape index (κ2) is 7.24. The Kier molecular flexibility index (Phi) is 5.58. The van der Waals surface area contributed by atoms with Gasteiger partial charge < -0.3 is 14.6 Å². The number of carbonyl (C=O) groups is 1. The number of unbranched alkanes of at least 4 members (excludes halogenated alkanes) is 1. The van der Waals surface area contributed by atoms with E-state index in [9.17, 15) is 4.79 Å². The number of nitrogens with one attached hydrogen (secondary N) is 1. The van der Waals surface area contributed by atoms with Crippen LogP contribution in [0.2, 0.25) is 0 Å². The van der Waals surface area contributed by atoms with E-state index in [1.807, 2.05) is 6.92 Å². The van der Waals surface area contributed by atoms with Crippen molar-refractivity contribution in [2.75, 3.05) is 25.0 Å². The lowest BCUT2D eigenvalue weighted by atomic mass is 10.0. The van der Waals surface area contributed by atoms with Crippen LogP contribution in [0.4, 0.5) is 5.82 Å². The molecule has 1 unspecified atom stereocenters. The number of hydrogen-bond donors (Lipinski definition) is 1. The highest BCUT2D eigenvalue weighted by molar-refractivity contribution is 5.94. The third-order valence-electron chi connectivity index (χ3n) is 3.91. The van der Waals surface area contributed by atoms with Crippen molar-refractivity contribution >= 4 is 11.7 Å². The lowest BCUT2D eigenvalue weighted by Gasteiger charge is -2.41. The van der Waals surface area contributed by atoms with Crippen LogP contribution < -0.4 is 5.32 Å². The van der Waals surface area contributed by atoms with Gasteiger partial charge in [-0.1, -0.05) is 24.9 Å². The highest BCUT2D eigenvalue weighted by Crippen LogP contribution is 2.21. The second-order valence-corrected chi connectivity index (χ2v) is 6.55. The van der Waals surface area contributed by atoms with Gasteiger partial charge in [-0.15, -0.1) is 0 Å². The minimum Gasteiger partial charge on any atom is -0.373 e. The molecule has 0 aliphatic carbocycles. The van der Waals surface area contributed by atoms with Gasteiger partial charge in [-0.2, -0.15) is 0 Å². The van der Waals surface area contributed by atoms with Crippen molar-refractivity contribution in [2.24, 2.45) is 0 Å². The molecule has 1 aliphatic rings. The molecule has 1 saturated heterocycles. The summed E-state index contributed by atoms with van der Waals surface area (Å²) in [5.74, 6) is 1.16. The quantitative estimate of drug-likeness (QED) is 0.875. The topological polar surface area (TPSA) is 67.6 Å². The number of aromatic nitrogens is 1. The van der Waals surface area contributed by atoms with Gasteiger partial charge in [0, 0.05) is 19.2 Å². The molecule has 0 aromatic carbocycles. The summed E-state index contributed by atoms with van der Waals surface area (Å²) in [4.78, 5) is 14.9. The van der Waals surface area contributed by atoms with Crippen molar-refractivity contribution in [1.82, 2.24) is 10.1 Å². The first-order valence-corrected chi connectivity index (χ1v) is 8.03. The van der Waals surface area contributed by atoms with E-state index in [1.54, 1.807) is 6.07 Å². The zero-order valence-corrected chi connectivity index (χ0v) is 14.0. The van der Waals surface area contributed by atoms with E-state index in [0.29, 0.717) is 18.2 Å². The number of carbonyl (C=O) groups excluding carboxylic acids is 1. The summed E-state index contributed by atoms with van der Waals surface area (Å²) in [7, 11) is 0. The largest absolute Gasteiger partial charge is 0.373 e. The minimum atomic E-state index is -0.215. The van der Waals surface area contributed by atoms with Gasteiger partial charge in [0.2, 0.25) is 5.91 Å². The second-order valence-electron chi connectivity index (χ2n) is 6.55. The van der Waals surface area contributed by atoms with E-state index in [-0.39, 0.29) is 17.6 Å². The number of nitrogens with zero attached hydrogens (tertiary/aromatic N) is 2. The van der Waals surface area contributed by atoms with Gasteiger partial charge >= 0.3 is 0 Å². The molecule has 0 radical (unpaired) electrons. The molecule has 6 nitrogen and oxygen atoms in total. The fourth-order valence-electron chi connectivity index (χ4n) is 2.83. The maximum Gasteiger partial charge on any atom is 0.242 e. The number of aryl methyl sites for hydroxylation is 1. The van der Waals surface area contributed by atoms with Crippen molar-refractivity contribution in [3.05, 3.63) is 11.8 Å². The molecule has 1 fully saturated rings. The van der Waals surface area contributed by atoms with Crippen LogP contribution in [0.15, 0.2) is 10.6 Å². The molecular weight excluding hydrogens is 282 g/mol. The van der Waals surface area contributed by atoms with Crippen LogP contribution in [-0.2, 0) is 9.53 Å². The van der Waals surface area contributed by atoms with Gasteiger partial charge in [0.25, 0.3) is 0 Å². The predicted molar refractivity (Wildman–Crippen MR) is 84.8 cm³/mol. The van der Waals surface area contributed by atoms with Crippen LogP contribution in [0, 0.1) is 6.92 Å². The summed E-state index contributed by atoms with van der Waals surface area (Å²) < 4.78 is 10.8. The third kappa shape index (κ3) is 4.55. The maximum atomic E-state index is 12.7. The van der Waals surface area contributed by atoms with Crippen molar-refractivity contribution in [3.63, 3.8) is 0 Å². The van der Waals surface area contributed by atoms with Crippen LogP contribution in [0.3, 0.4) is 0 Å². The molecule has 2 heterocycles. The fraction of sp³-hybridized carbons (Fsp3) is 0.750. The Bertz CT molecular complexity index is 499. The average molecular weight is 309 g/mol. The summed E-state index contributed by atoms with van der Waals surface area (Å²) in [5.41, 5.74) is -0.215. The van der Waals surface area contributed by atoms with Gasteiger partial charge in [-0.3, -0.25) is 9.69 Å². The van der Waals surface area contributed by atoms with E-state index in [4.69, 9.17) is 9.26 Å². The predicted octanol–water partition coefficient (Wildman–Crippen LogP) is 2.59. The minimum absolute atomic E-state index is 0.0144.